The van der Waals surface area contributed by atoms with Crippen LogP contribution in [0.2, 0.25) is 0 Å². The molecule has 5 nitrogen and oxygen atoms in total. The molecule has 0 heterocycles. The van der Waals surface area contributed by atoms with Crippen LogP contribution in [0.3, 0.4) is 0 Å². The Hall–Kier alpha value is -1.10. The summed E-state index contributed by atoms with van der Waals surface area (Å²) in [6, 6.07) is 0. The van der Waals surface area contributed by atoms with E-state index in [0.29, 0.717) is 37.9 Å². The van der Waals surface area contributed by atoms with Crippen LogP contribution in [-0.4, -0.2) is 36.4 Å². The van der Waals surface area contributed by atoms with Gasteiger partial charge in [0.1, 0.15) is 0 Å². The molecule has 0 aromatic rings. The minimum atomic E-state index is -0.292. The second-order valence-corrected chi connectivity index (χ2v) is 18.3. The number of aliphatic hydroxyl groups excluding tert-OH is 1. The molecule has 0 aromatic carbocycles. The number of hydrogen-bond acceptors (Lipinski definition) is 5. The Morgan fingerprint density at radius 1 is 0.442 bits per heavy atom. The highest BCUT2D eigenvalue weighted by Crippen LogP contribution is 2.32. The van der Waals surface area contributed by atoms with Crippen molar-refractivity contribution in [3.8, 4) is 0 Å². The fourth-order valence-corrected chi connectivity index (χ4v) is 7.53. The van der Waals surface area contributed by atoms with Crippen molar-refractivity contribution < 1.29 is 24.2 Å². The van der Waals surface area contributed by atoms with Crippen molar-refractivity contribution in [2.24, 2.45) is 22.7 Å². The van der Waals surface area contributed by atoms with Gasteiger partial charge in [0.2, 0.25) is 0 Å². The van der Waals surface area contributed by atoms with Crippen molar-refractivity contribution >= 4 is 11.9 Å². The van der Waals surface area contributed by atoms with Crippen molar-refractivity contribution in [1.82, 2.24) is 0 Å². The first-order chi connectivity index (χ1) is 24.9. The first kappa shape index (κ1) is 50.9. The summed E-state index contributed by atoms with van der Waals surface area (Å²) in [5.74, 6) is 0.919. The predicted molar refractivity (Wildman–Crippen MR) is 224 cm³/mol. The minimum Gasteiger partial charge on any atom is -0.465 e. The second kappa shape index (κ2) is 33.3. The Morgan fingerprint density at radius 2 is 0.750 bits per heavy atom. The average Bonchev–Trinajstić information content (AvgIpc) is 3.10. The zero-order valence-corrected chi connectivity index (χ0v) is 36.4. The van der Waals surface area contributed by atoms with Crippen LogP contribution in [0.15, 0.2) is 0 Å². The molecule has 0 amide bonds. The third-order valence-corrected chi connectivity index (χ3v) is 11.6. The van der Waals surface area contributed by atoms with Gasteiger partial charge in [0, 0.05) is 12.8 Å². The number of ether oxygens (including phenoxy) is 2. The lowest BCUT2D eigenvalue weighted by atomic mass is 9.81. The van der Waals surface area contributed by atoms with E-state index in [4.69, 9.17) is 9.47 Å². The zero-order valence-electron chi connectivity index (χ0n) is 36.4. The summed E-state index contributed by atoms with van der Waals surface area (Å²) in [5.41, 5.74) is 0.110. The van der Waals surface area contributed by atoms with Gasteiger partial charge in [-0.1, -0.05) is 171 Å². The minimum absolute atomic E-state index is 0.0461. The molecule has 1 N–H and O–H groups in total. The standard InChI is InChI=1S/C47H92O5/c1-9-13-17-19-23-29-41(27-21-15-11-3)39-51-44(49)33-37-46(5,6)35-25-31-43(48)32-26-36-47(7,8)38-34-45(50)52-40-42(28-22-16-12-4)30-24-20-18-14-10-2/h41-43,48H,9-40H2,1-8H3. The fraction of sp³-hybridized carbons (Fsp3) is 0.957. The number of unbranched alkanes of at least 4 members (excludes halogenated alkanes) is 12. The van der Waals surface area contributed by atoms with Crippen LogP contribution in [0.1, 0.15) is 248 Å². The Labute approximate surface area is 325 Å². The van der Waals surface area contributed by atoms with Gasteiger partial charge in [-0.25, -0.2) is 0 Å². The van der Waals surface area contributed by atoms with Crippen LogP contribution in [-0.2, 0) is 19.1 Å². The van der Waals surface area contributed by atoms with Crippen LogP contribution in [0.5, 0.6) is 0 Å². The molecule has 0 spiro atoms. The van der Waals surface area contributed by atoms with Crippen LogP contribution >= 0.6 is 0 Å². The SMILES string of the molecule is CCCCCCCC(CCCCC)COC(=O)CCC(C)(C)CCCC(O)CCCC(C)(C)CCC(=O)OCC(CCCCC)CCCCCCC. The summed E-state index contributed by atoms with van der Waals surface area (Å²) in [6.07, 6.45) is 32.9. The molecule has 5 heteroatoms. The predicted octanol–water partition coefficient (Wildman–Crippen LogP) is 14.5. The van der Waals surface area contributed by atoms with E-state index >= 15 is 0 Å². The highest BCUT2D eigenvalue weighted by atomic mass is 16.5. The van der Waals surface area contributed by atoms with Crippen molar-refractivity contribution in [3.63, 3.8) is 0 Å². The summed E-state index contributed by atoms with van der Waals surface area (Å²) in [4.78, 5) is 25.4. The number of rotatable bonds is 38. The Bertz CT molecular complexity index is 755. The van der Waals surface area contributed by atoms with Gasteiger partial charge in [0.25, 0.3) is 0 Å². The molecule has 0 aromatic heterocycles. The smallest absolute Gasteiger partial charge is 0.305 e. The molecular formula is C47H92O5. The summed E-state index contributed by atoms with van der Waals surface area (Å²) >= 11 is 0. The Morgan fingerprint density at radius 3 is 1.10 bits per heavy atom. The van der Waals surface area contributed by atoms with Crippen molar-refractivity contribution in [2.75, 3.05) is 13.2 Å². The van der Waals surface area contributed by atoms with Crippen LogP contribution < -0.4 is 0 Å². The number of carbonyl (C=O) groups is 2. The van der Waals surface area contributed by atoms with E-state index in [-0.39, 0.29) is 28.9 Å². The highest BCUT2D eigenvalue weighted by molar-refractivity contribution is 5.69. The van der Waals surface area contributed by atoms with Crippen LogP contribution in [0.4, 0.5) is 0 Å². The Balaban J connectivity index is 4.33. The number of esters is 2. The first-order valence-electron chi connectivity index (χ1n) is 22.9. The molecule has 0 aliphatic heterocycles. The lowest BCUT2D eigenvalue weighted by molar-refractivity contribution is -0.146. The summed E-state index contributed by atoms with van der Waals surface area (Å²) < 4.78 is 11.6. The molecule has 0 rings (SSSR count). The average molecular weight is 737 g/mol. The van der Waals surface area contributed by atoms with Crippen molar-refractivity contribution in [3.05, 3.63) is 0 Å². The van der Waals surface area contributed by atoms with E-state index in [9.17, 15) is 14.7 Å². The lowest BCUT2D eigenvalue weighted by Crippen LogP contribution is -2.19. The van der Waals surface area contributed by atoms with E-state index in [1.165, 1.54) is 128 Å². The summed E-state index contributed by atoms with van der Waals surface area (Å²) in [5, 5.41) is 10.7. The van der Waals surface area contributed by atoms with E-state index < -0.39 is 0 Å². The number of hydrogen-bond donors (Lipinski definition) is 1. The van der Waals surface area contributed by atoms with Gasteiger partial charge in [-0.15, -0.1) is 0 Å². The normalized spacial score (nSPS) is 13.9. The second-order valence-electron chi connectivity index (χ2n) is 18.3. The fourth-order valence-electron chi connectivity index (χ4n) is 7.53. The van der Waals surface area contributed by atoms with Gasteiger partial charge >= 0.3 is 11.9 Å². The first-order valence-corrected chi connectivity index (χ1v) is 22.9. The molecule has 2 atom stereocenters. The van der Waals surface area contributed by atoms with Gasteiger partial charge in [0.05, 0.1) is 19.3 Å². The highest BCUT2D eigenvalue weighted by Gasteiger charge is 2.23. The Kier molecular flexibility index (Phi) is 32.6. The summed E-state index contributed by atoms with van der Waals surface area (Å²) in [7, 11) is 0. The number of aliphatic hydroxyl groups is 1. The van der Waals surface area contributed by atoms with Crippen LogP contribution in [0.25, 0.3) is 0 Å². The third-order valence-electron chi connectivity index (χ3n) is 11.6. The molecule has 0 saturated heterocycles. The molecule has 52 heavy (non-hydrogen) atoms. The molecule has 0 aliphatic rings. The van der Waals surface area contributed by atoms with Crippen LogP contribution in [0, 0.1) is 22.7 Å². The molecule has 2 unspecified atom stereocenters. The van der Waals surface area contributed by atoms with E-state index in [1.807, 2.05) is 0 Å². The third kappa shape index (κ3) is 32.3. The molecule has 0 fully saturated rings. The van der Waals surface area contributed by atoms with Crippen molar-refractivity contribution in [2.45, 2.75) is 254 Å². The molecule has 0 bridgehead atoms. The topological polar surface area (TPSA) is 72.8 Å². The van der Waals surface area contributed by atoms with Crippen molar-refractivity contribution in [1.29, 1.82) is 0 Å². The molecule has 310 valence electrons. The van der Waals surface area contributed by atoms with E-state index in [1.54, 1.807) is 0 Å². The molecule has 0 radical (unpaired) electrons. The summed E-state index contributed by atoms with van der Waals surface area (Å²) in [6.45, 7) is 19.1. The molecule has 0 aliphatic carbocycles. The van der Waals surface area contributed by atoms with E-state index in [0.717, 1.165) is 51.4 Å². The quantitative estimate of drug-likeness (QED) is 0.0505. The van der Waals surface area contributed by atoms with Gasteiger partial charge in [-0.05, 0) is 86.9 Å². The molecule has 0 saturated carbocycles. The zero-order chi connectivity index (χ0) is 38.9. The maximum Gasteiger partial charge on any atom is 0.305 e. The maximum absolute atomic E-state index is 12.7. The van der Waals surface area contributed by atoms with Gasteiger partial charge in [-0.3, -0.25) is 9.59 Å². The van der Waals surface area contributed by atoms with Gasteiger partial charge < -0.3 is 14.6 Å². The molecular weight excluding hydrogens is 645 g/mol. The monoisotopic (exact) mass is 737 g/mol. The largest absolute Gasteiger partial charge is 0.465 e. The number of carbonyl (C=O) groups excluding carboxylic acids is 2. The van der Waals surface area contributed by atoms with E-state index in [2.05, 4.69) is 55.4 Å². The maximum atomic E-state index is 12.7. The van der Waals surface area contributed by atoms with Gasteiger partial charge in [-0.2, -0.15) is 0 Å². The van der Waals surface area contributed by atoms with Gasteiger partial charge in [0.15, 0.2) is 0 Å². The lowest BCUT2D eigenvalue weighted by Gasteiger charge is -2.26.